The third kappa shape index (κ3) is 9.38. The summed E-state index contributed by atoms with van der Waals surface area (Å²) in [5.74, 6) is -2.51. The Balaban J connectivity index is 1.63. The second-order valence-electron chi connectivity index (χ2n) is 12.0. The molecule has 4 N–H and O–H groups in total. The summed E-state index contributed by atoms with van der Waals surface area (Å²) in [7, 11) is 1.57. The van der Waals surface area contributed by atoms with Gasteiger partial charge in [-0.2, -0.15) is 0 Å². The summed E-state index contributed by atoms with van der Waals surface area (Å²) in [6.45, 7) is 5.87. The van der Waals surface area contributed by atoms with Gasteiger partial charge in [-0.25, -0.2) is 5.43 Å². The van der Waals surface area contributed by atoms with Crippen LogP contribution in [0.1, 0.15) is 62.5 Å². The summed E-state index contributed by atoms with van der Waals surface area (Å²) in [4.78, 5) is 54.9. The number of amides is 3. The summed E-state index contributed by atoms with van der Waals surface area (Å²) >= 11 is 1.49. The first-order valence-corrected chi connectivity index (χ1v) is 16.3. The van der Waals surface area contributed by atoms with Crippen LogP contribution in [-0.2, 0) is 41.7 Å². The number of phenols is 1. The lowest BCUT2D eigenvalue weighted by atomic mass is 9.96. The van der Waals surface area contributed by atoms with Gasteiger partial charge in [0.15, 0.2) is 0 Å². The number of thiophene rings is 1. The van der Waals surface area contributed by atoms with Gasteiger partial charge in [0.05, 0.1) is 12.0 Å². The van der Waals surface area contributed by atoms with Crippen molar-refractivity contribution in [2.24, 2.45) is 11.8 Å². The van der Waals surface area contributed by atoms with Gasteiger partial charge < -0.3 is 25.2 Å². The predicted octanol–water partition coefficient (Wildman–Crippen LogP) is 3.32. The fraction of sp³-hybridized carbons (Fsp3) is 0.515. The Bertz CT molecular complexity index is 1380. The molecular weight excluding hydrogens is 596 g/mol. The molecule has 1 fully saturated rings. The van der Waals surface area contributed by atoms with E-state index in [1.807, 2.05) is 37.4 Å². The summed E-state index contributed by atoms with van der Waals surface area (Å²) in [5, 5.41) is 19.1. The number of hydrogen-bond acceptors (Lipinski definition) is 9. The molecule has 5 unspecified atom stereocenters. The molecule has 45 heavy (non-hydrogen) atoms. The minimum Gasteiger partial charge on any atom is -0.508 e. The van der Waals surface area contributed by atoms with E-state index >= 15 is 0 Å². The molecule has 4 rings (SSSR count). The maximum absolute atomic E-state index is 13.9. The Labute approximate surface area is 268 Å². The maximum atomic E-state index is 13.9. The van der Waals surface area contributed by atoms with Gasteiger partial charge in [0.25, 0.3) is 5.91 Å². The third-order valence-electron chi connectivity index (χ3n) is 8.18. The van der Waals surface area contributed by atoms with Crippen molar-refractivity contribution in [2.45, 2.75) is 83.7 Å². The standard InChI is InChI=1S/C33H44N4O7S/c1-20(2)29-31(40)34-27(17-22-10-7-11-24(38)15-22)32(41)37-14-8-12-26(36-37)33(42)44-18-25-16-23(19-45-25)9-5-6-13-28(43-4)21(3)30(39)35-29/h5,7,9-11,15-16,19-21,26-29,36,38H,6,8,12-14,17-18H2,1-4H3,(H,34,40)(H,35,39). The Hall–Kier alpha value is -3.74. The van der Waals surface area contributed by atoms with Gasteiger partial charge >= 0.3 is 5.97 Å². The van der Waals surface area contributed by atoms with Gasteiger partial charge in [-0.15, -0.1) is 11.3 Å². The Morgan fingerprint density at radius 3 is 2.64 bits per heavy atom. The van der Waals surface area contributed by atoms with E-state index in [9.17, 15) is 24.3 Å². The number of nitrogens with zero attached hydrogens (tertiary/aromatic N) is 1. The van der Waals surface area contributed by atoms with Crippen molar-refractivity contribution in [3.8, 4) is 5.75 Å². The topological polar surface area (TPSA) is 146 Å². The summed E-state index contributed by atoms with van der Waals surface area (Å²) < 4.78 is 11.3. The van der Waals surface area contributed by atoms with Crippen molar-refractivity contribution in [3.05, 3.63) is 57.8 Å². The highest BCUT2D eigenvalue weighted by Gasteiger charge is 2.36. The van der Waals surface area contributed by atoms with E-state index in [-0.39, 0.29) is 36.7 Å². The summed E-state index contributed by atoms with van der Waals surface area (Å²) in [6, 6.07) is 5.75. The number of carbonyl (C=O) groups excluding carboxylic acids is 4. The lowest BCUT2D eigenvalue weighted by Crippen LogP contribution is -2.62. The van der Waals surface area contributed by atoms with E-state index in [2.05, 4.69) is 16.1 Å². The molecule has 0 radical (unpaired) electrons. The molecule has 0 spiro atoms. The van der Waals surface area contributed by atoms with Crippen LogP contribution in [0, 0.1) is 11.8 Å². The highest BCUT2D eigenvalue weighted by atomic mass is 32.1. The van der Waals surface area contributed by atoms with E-state index in [4.69, 9.17) is 9.47 Å². The minimum absolute atomic E-state index is 0.0333. The number of rotatable bonds is 4. The fourth-order valence-corrected chi connectivity index (χ4v) is 6.29. The number of hydrazine groups is 1. The van der Waals surface area contributed by atoms with Crippen molar-refractivity contribution in [2.75, 3.05) is 13.7 Å². The van der Waals surface area contributed by atoms with Crippen LogP contribution in [0.5, 0.6) is 5.75 Å². The van der Waals surface area contributed by atoms with E-state index in [1.54, 1.807) is 26.2 Å². The number of fused-ring (bicyclic) bond motifs is 4. The van der Waals surface area contributed by atoms with Crippen molar-refractivity contribution < 1.29 is 33.8 Å². The van der Waals surface area contributed by atoms with Gasteiger partial charge in [-0.1, -0.05) is 45.1 Å². The third-order valence-corrected chi connectivity index (χ3v) is 9.11. The smallest absolute Gasteiger partial charge is 0.325 e. The molecule has 2 aromatic rings. The number of allylic oxidation sites excluding steroid dienone is 1. The lowest BCUT2D eigenvalue weighted by Gasteiger charge is -2.35. The molecule has 5 atom stereocenters. The first-order valence-electron chi connectivity index (χ1n) is 15.4. The number of hydrogen-bond donors (Lipinski definition) is 4. The second kappa shape index (κ2) is 16.0. The molecule has 3 heterocycles. The Morgan fingerprint density at radius 1 is 1.11 bits per heavy atom. The van der Waals surface area contributed by atoms with E-state index in [0.717, 1.165) is 10.4 Å². The van der Waals surface area contributed by atoms with Crippen LogP contribution in [0.2, 0.25) is 0 Å². The lowest BCUT2D eigenvalue weighted by molar-refractivity contribution is -0.154. The number of phenolic OH excluding ortho intramolecular Hbond substituents is 1. The van der Waals surface area contributed by atoms with Gasteiger partial charge in [-0.05, 0) is 66.3 Å². The normalized spacial score (nSPS) is 26.0. The molecule has 244 valence electrons. The van der Waals surface area contributed by atoms with Gasteiger partial charge in [-0.3, -0.25) is 24.2 Å². The zero-order valence-corrected chi connectivity index (χ0v) is 27.1. The van der Waals surface area contributed by atoms with Crippen molar-refractivity contribution in [3.63, 3.8) is 0 Å². The SMILES string of the molecule is COC1CCC=Cc2csc(c2)COC(=O)C2CCCN(N2)C(=O)C(Cc2cccc(O)c2)NC(=O)C(C(C)C)NC(=O)C1C. The molecule has 1 aromatic carbocycles. The van der Waals surface area contributed by atoms with E-state index in [1.165, 1.54) is 28.5 Å². The van der Waals surface area contributed by atoms with Crippen molar-refractivity contribution >= 4 is 41.1 Å². The summed E-state index contributed by atoms with van der Waals surface area (Å²) in [5.41, 5.74) is 4.63. The largest absolute Gasteiger partial charge is 0.508 e. The van der Waals surface area contributed by atoms with E-state index in [0.29, 0.717) is 37.8 Å². The van der Waals surface area contributed by atoms with Crippen LogP contribution in [-0.4, -0.2) is 71.7 Å². The Kier molecular flexibility index (Phi) is 12.1. The van der Waals surface area contributed by atoms with Crippen molar-refractivity contribution in [1.82, 2.24) is 21.1 Å². The maximum Gasteiger partial charge on any atom is 0.325 e. The fourth-order valence-electron chi connectivity index (χ4n) is 5.53. The second-order valence-corrected chi connectivity index (χ2v) is 13.0. The number of esters is 1. The van der Waals surface area contributed by atoms with Crippen LogP contribution in [0.3, 0.4) is 0 Å². The number of nitrogens with one attached hydrogen (secondary N) is 3. The van der Waals surface area contributed by atoms with Crippen LogP contribution in [0.15, 0.2) is 41.8 Å². The molecule has 1 aromatic heterocycles. The van der Waals surface area contributed by atoms with Gasteiger partial charge in [0.2, 0.25) is 11.8 Å². The molecule has 0 aliphatic carbocycles. The van der Waals surface area contributed by atoms with Crippen LogP contribution >= 0.6 is 11.3 Å². The number of aromatic hydroxyl groups is 1. The minimum atomic E-state index is -1.04. The van der Waals surface area contributed by atoms with Gasteiger partial charge in [0.1, 0.15) is 30.5 Å². The molecule has 2 aliphatic heterocycles. The van der Waals surface area contributed by atoms with Crippen LogP contribution in [0.4, 0.5) is 0 Å². The van der Waals surface area contributed by atoms with E-state index < -0.39 is 41.8 Å². The number of cyclic esters (lactones) is 1. The highest BCUT2D eigenvalue weighted by Crippen LogP contribution is 2.21. The molecule has 1 saturated heterocycles. The molecule has 0 saturated carbocycles. The molecule has 3 amide bonds. The molecule has 11 nitrogen and oxygen atoms in total. The number of benzene rings is 1. The number of carbonyl (C=O) groups is 4. The zero-order chi connectivity index (χ0) is 32.5. The number of methoxy groups -OCH3 is 1. The van der Waals surface area contributed by atoms with Crippen LogP contribution < -0.4 is 16.1 Å². The molecule has 4 bridgehead atoms. The van der Waals surface area contributed by atoms with Crippen LogP contribution in [0.25, 0.3) is 6.08 Å². The zero-order valence-electron chi connectivity index (χ0n) is 26.3. The molecule has 2 aliphatic rings. The number of ether oxygens (including phenoxy) is 2. The molecular formula is C33H44N4O7S. The molecule has 12 heteroatoms. The predicted molar refractivity (Wildman–Crippen MR) is 171 cm³/mol. The van der Waals surface area contributed by atoms with Gasteiger partial charge in [0, 0.05) is 25.0 Å². The monoisotopic (exact) mass is 640 g/mol. The van der Waals surface area contributed by atoms with Crippen molar-refractivity contribution in [1.29, 1.82) is 0 Å². The average Bonchev–Trinajstić information content (AvgIpc) is 3.48. The average molecular weight is 641 g/mol. The first kappa shape index (κ1) is 34.1. The summed E-state index contributed by atoms with van der Waals surface area (Å²) in [6.07, 6.45) is 6.04. The quantitative estimate of drug-likeness (QED) is 0.373. The first-order chi connectivity index (χ1) is 21.5. The highest BCUT2D eigenvalue weighted by molar-refractivity contribution is 7.10. The Morgan fingerprint density at radius 2 is 1.91 bits per heavy atom.